The lowest BCUT2D eigenvalue weighted by Crippen LogP contribution is -2.53. The predicted molar refractivity (Wildman–Crippen MR) is 143 cm³/mol. The Morgan fingerprint density at radius 3 is 2.02 bits per heavy atom. The van der Waals surface area contributed by atoms with Crippen LogP contribution in [0.3, 0.4) is 0 Å². The molecule has 3 atom stereocenters. The van der Waals surface area contributed by atoms with Crippen LogP contribution in [0.5, 0.6) is 0 Å². The Balaban J connectivity index is 1.65. The van der Waals surface area contributed by atoms with Crippen molar-refractivity contribution in [2.45, 2.75) is 59.1 Å². The van der Waals surface area contributed by atoms with E-state index in [1.165, 1.54) is 29.2 Å². The lowest BCUT2D eigenvalue weighted by molar-refractivity contribution is -0.348. The van der Waals surface area contributed by atoms with Gasteiger partial charge in [-0.3, -0.25) is 4.79 Å². The number of likely N-dealkylation sites (tertiary alicyclic amines) is 1. The number of hydrogen-bond acceptors (Lipinski definition) is 5. The molecule has 16 heteroatoms. The SMILES string of the molecule is O=C(O)C(O)c1ccc(C(=O)N2CC[C@@]3(S(=O)(=O)c4ccc(F)cc4)c4ccc(C(F)(C(F)(F)F)C(F)(F)F)cc4CC[C@@H]23)cc1. The number of hydrogen-bond donors (Lipinski definition) is 2. The van der Waals surface area contributed by atoms with E-state index in [-0.39, 0.29) is 54.1 Å². The highest BCUT2D eigenvalue weighted by atomic mass is 32.2. The molecule has 2 aliphatic rings. The van der Waals surface area contributed by atoms with Gasteiger partial charge in [0.1, 0.15) is 10.6 Å². The molecular formula is C30H23F8NO6S. The van der Waals surface area contributed by atoms with Gasteiger partial charge in [-0.25, -0.2) is 22.0 Å². The van der Waals surface area contributed by atoms with Crippen molar-refractivity contribution in [2.75, 3.05) is 6.54 Å². The first kappa shape index (κ1) is 33.3. The van der Waals surface area contributed by atoms with Crippen LogP contribution in [0.15, 0.2) is 71.6 Å². The average molecular weight is 678 g/mol. The van der Waals surface area contributed by atoms with Gasteiger partial charge >= 0.3 is 24.0 Å². The van der Waals surface area contributed by atoms with E-state index in [9.17, 15) is 58.2 Å². The highest BCUT2D eigenvalue weighted by Gasteiger charge is 2.74. The Morgan fingerprint density at radius 2 is 1.48 bits per heavy atom. The summed E-state index contributed by atoms with van der Waals surface area (Å²) < 4.78 is 137. The van der Waals surface area contributed by atoms with E-state index in [2.05, 4.69) is 0 Å². The monoisotopic (exact) mass is 677 g/mol. The maximum Gasteiger partial charge on any atom is 0.435 e. The molecule has 3 aromatic carbocycles. The molecule has 1 aliphatic carbocycles. The van der Waals surface area contributed by atoms with Gasteiger partial charge < -0.3 is 15.1 Å². The third-order valence-electron chi connectivity index (χ3n) is 8.64. The van der Waals surface area contributed by atoms with Gasteiger partial charge in [0.25, 0.3) is 5.91 Å². The molecule has 246 valence electrons. The van der Waals surface area contributed by atoms with Crippen molar-refractivity contribution in [3.63, 3.8) is 0 Å². The van der Waals surface area contributed by atoms with Crippen molar-refractivity contribution in [3.8, 4) is 0 Å². The maximum atomic E-state index is 15.0. The molecule has 3 aromatic rings. The van der Waals surface area contributed by atoms with Crippen LogP contribution in [-0.2, 0) is 31.5 Å². The molecule has 46 heavy (non-hydrogen) atoms. The maximum absolute atomic E-state index is 15.0. The lowest BCUT2D eigenvalue weighted by atomic mass is 9.76. The molecule has 1 saturated heterocycles. The summed E-state index contributed by atoms with van der Waals surface area (Å²) in [5.74, 6) is -3.07. The van der Waals surface area contributed by atoms with Crippen molar-refractivity contribution >= 4 is 21.7 Å². The molecule has 2 N–H and O–H groups in total. The number of nitrogens with zero attached hydrogens (tertiary/aromatic N) is 1. The first-order valence-corrected chi connectivity index (χ1v) is 15.0. The van der Waals surface area contributed by atoms with Gasteiger partial charge in [-0.2, -0.15) is 26.3 Å². The Hall–Kier alpha value is -4.05. The number of fused-ring (bicyclic) bond motifs is 3. The molecule has 0 bridgehead atoms. The zero-order valence-electron chi connectivity index (χ0n) is 23.2. The molecule has 1 aliphatic heterocycles. The quantitative estimate of drug-likeness (QED) is 0.254. The first-order chi connectivity index (χ1) is 21.3. The number of halogens is 8. The van der Waals surface area contributed by atoms with E-state index >= 15 is 0 Å². The summed E-state index contributed by atoms with van der Waals surface area (Å²) in [4.78, 5) is 25.5. The molecule has 1 heterocycles. The summed E-state index contributed by atoms with van der Waals surface area (Å²) in [7, 11) is -4.67. The summed E-state index contributed by atoms with van der Waals surface area (Å²) in [6.45, 7) is -0.247. The molecule has 0 spiro atoms. The van der Waals surface area contributed by atoms with Crippen LogP contribution in [0, 0.1) is 5.82 Å². The van der Waals surface area contributed by atoms with Crippen LogP contribution in [0.25, 0.3) is 0 Å². The van der Waals surface area contributed by atoms with Crippen molar-refractivity contribution in [1.29, 1.82) is 0 Å². The predicted octanol–water partition coefficient (Wildman–Crippen LogP) is 5.76. The Kier molecular flexibility index (Phi) is 7.99. The van der Waals surface area contributed by atoms with Gasteiger partial charge in [-0.1, -0.05) is 30.3 Å². The largest absolute Gasteiger partial charge is 0.479 e. The second kappa shape index (κ2) is 11.0. The van der Waals surface area contributed by atoms with Crippen LogP contribution in [0.2, 0.25) is 0 Å². The molecular weight excluding hydrogens is 654 g/mol. The summed E-state index contributed by atoms with van der Waals surface area (Å²) >= 11 is 0. The zero-order valence-corrected chi connectivity index (χ0v) is 24.1. The standard InChI is InChI=1S/C30H23F8NO6S/c31-20-7-9-21(10-8-20)46(44,45)27-13-14-39(25(41)17-3-1-16(2-4-17)24(40)26(42)43)23(27)12-5-18-15-19(6-11-22(18)27)28(32,29(33,34)35)30(36,37)38/h1-4,6-11,15,23-24,40H,5,12-14H2,(H,42,43)/t23-,24?,27-/m1/s1. The molecule has 0 saturated carbocycles. The van der Waals surface area contributed by atoms with Gasteiger partial charge in [0.15, 0.2) is 15.9 Å². The number of aryl methyl sites for hydroxylation is 1. The lowest BCUT2D eigenvalue weighted by Gasteiger charge is -2.43. The molecule has 1 amide bonds. The van der Waals surface area contributed by atoms with E-state index in [0.717, 1.165) is 24.3 Å². The van der Waals surface area contributed by atoms with Crippen molar-refractivity contribution < 1.29 is 63.3 Å². The second-order valence-electron chi connectivity index (χ2n) is 11.0. The van der Waals surface area contributed by atoms with E-state index < -0.39 is 72.9 Å². The minimum Gasteiger partial charge on any atom is -0.479 e. The minimum atomic E-state index is -6.40. The number of carbonyl (C=O) groups is 2. The second-order valence-corrected chi connectivity index (χ2v) is 13.2. The number of amides is 1. The van der Waals surface area contributed by atoms with Gasteiger partial charge in [-0.15, -0.1) is 0 Å². The fraction of sp³-hybridized carbons (Fsp3) is 0.333. The van der Waals surface area contributed by atoms with Gasteiger partial charge in [0, 0.05) is 17.7 Å². The number of rotatable bonds is 6. The minimum absolute atomic E-state index is 0.0324. The van der Waals surface area contributed by atoms with E-state index in [4.69, 9.17) is 5.11 Å². The summed E-state index contributed by atoms with van der Waals surface area (Å²) in [6.07, 6.45) is -15.7. The van der Waals surface area contributed by atoms with E-state index in [0.29, 0.717) is 12.1 Å². The number of carboxylic acids is 1. The van der Waals surface area contributed by atoms with Gasteiger partial charge in [0.05, 0.1) is 10.9 Å². The summed E-state index contributed by atoms with van der Waals surface area (Å²) in [6, 6.07) is 8.41. The van der Waals surface area contributed by atoms with Crippen molar-refractivity contribution in [3.05, 3.63) is 100 Å². The third-order valence-corrected chi connectivity index (χ3v) is 11.2. The van der Waals surface area contributed by atoms with Gasteiger partial charge in [-0.05, 0) is 72.4 Å². The number of aliphatic hydroxyl groups is 1. The zero-order chi connectivity index (χ0) is 34.0. The highest BCUT2D eigenvalue weighted by Crippen LogP contribution is 2.56. The van der Waals surface area contributed by atoms with Crippen LogP contribution < -0.4 is 0 Å². The number of carbonyl (C=O) groups excluding carboxylic acids is 1. The Labute approximate surface area is 256 Å². The normalized spacial score (nSPS) is 21.0. The number of aliphatic carboxylic acids is 1. The van der Waals surface area contributed by atoms with E-state index in [1.807, 2.05) is 0 Å². The summed E-state index contributed by atoms with van der Waals surface area (Å²) in [5.41, 5.74) is -8.14. The Morgan fingerprint density at radius 1 is 0.891 bits per heavy atom. The van der Waals surface area contributed by atoms with Crippen molar-refractivity contribution in [2.24, 2.45) is 0 Å². The number of aliphatic hydroxyl groups excluding tert-OH is 1. The third kappa shape index (κ3) is 4.92. The molecule has 0 aromatic heterocycles. The molecule has 1 fully saturated rings. The molecule has 1 unspecified atom stereocenters. The molecule has 0 radical (unpaired) electrons. The number of benzene rings is 3. The summed E-state index contributed by atoms with van der Waals surface area (Å²) in [5, 5.41) is 18.8. The topological polar surface area (TPSA) is 112 Å². The smallest absolute Gasteiger partial charge is 0.435 e. The van der Waals surface area contributed by atoms with Crippen LogP contribution in [0.4, 0.5) is 35.1 Å². The Bertz CT molecular complexity index is 1780. The van der Waals surface area contributed by atoms with Gasteiger partial charge in [0.2, 0.25) is 0 Å². The number of sulfone groups is 1. The van der Waals surface area contributed by atoms with Crippen LogP contribution in [-0.4, -0.2) is 60.3 Å². The van der Waals surface area contributed by atoms with Crippen LogP contribution >= 0.6 is 0 Å². The molecule has 5 rings (SSSR count). The fourth-order valence-corrected chi connectivity index (χ4v) is 8.78. The average Bonchev–Trinajstić information content (AvgIpc) is 3.40. The van der Waals surface area contributed by atoms with Crippen molar-refractivity contribution in [1.82, 2.24) is 4.90 Å². The number of carboxylic acid groups (broad SMARTS) is 1. The number of alkyl halides is 7. The van der Waals surface area contributed by atoms with Crippen LogP contribution in [0.1, 0.15) is 51.6 Å². The molecule has 7 nitrogen and oxygen atoms in total. The first-order valence-electron chi connectivity index (χ1n) is 13.6. The van der Waals surface area contributed by atoms with E-state index in [1.54, 1.807) is 0 Å². The highest BCUT2D eigenvalue weighted by molar-refractivity contribution is 7.92. The fourth-order valence-electron chi connectivity index (χ4n) is 6.41.